The zero-order chi connectivity index (χ0) is 13.0. The fraction of sp³-hybridized carbons (Fsp3) is 0.143. The molecule has 0 radical (unpaired) electrons. The van der Waals surface area contributed by atoms with Crippen molar-refractivity contribution in [1.29, 1.82) is 0 Å². The molecule has 0 saturated carbocycles. The van der Waals surface area contributed by atoms with Gasteiger partial charge in [-0.3, -0.25) is 4.79 Å². The molecule has 4 heteroatoms. The number of nitrogens with zero attached hydrogens (tertiary/aromatic N) is 1. The van der Waals surface area contributed by atoms with E-state index in [4.69, 9.17) is 0 Å². The molecule has 0 saturated heterocycles. The van der Waals surface area contributed by atoms with Gasteiger partial charge < -0.3 is 10.6 Å². The first-order valence-electron chi connectivity index (χ1n) is 5.71. The molecule has 0 aliphatic heterocycles. The summed E-state index contributed by atoms with van der Waals surface area (Å²) in [4.78, 5) is 16.2. The lowest BCUT2D eigenvalue weighted by atomic mass is 10.2. The molecule has 2 N–H and O–H groups in total. The average molecular weight is 241 g/mol. The Kier molecular flexibility index (Phi) is 3.57. The molecular weight excluding hydrogens is 226 g/mol. The van der Waals surface area contributed by atoms with E-state index in [0.717, 1.165) is 11.3 Å². The minimum atomic E-state index is -0.168. The molecule has 1 aromatic heterocycles. The number of aromatic nitrogens is 1. The molecule has 18 heavy (non-hydrogen) atoms. The van der Waals surface area contributed by atoms with E-state index in [9.17, 15) is 4.79 Å². The highest BCUT2D eigenvalue weighted by Crippen LogP contribution is 2.15. The number of carbonyl (C=O) groups is 1. The molecule has 92 valence electrons. The van der Waals surface area contributed by atoms with E-state index in [-0.39, 0.29) is 5.91 Å². The zero-order valence-corrected chi connectivity index (χ0v) is 10.4. The number of hydrogen-bond acceptors (Lipinski definition) is 3. The van der Waals surface area contributed by atoms with Gasteiger partial charge in [0.25, 0.3) is 5.91 Å². The quantitative estimate of drug-likeness (QED) is 0.868. The van der Waals surface area contributed by atoms with Crippen LogP contribution >= 0.6 is 0 Å². The van der Waals surface area contributed by atoms with E-state index in [1.807, 2.05) is 31.2 Å². The Balaban J connectivity index is 2.22. The van der Waals surface area contributed by atoms with E-state index in [2.05, 4.69) is 15.6 Å². The van der Waals surface area contributed by atoms with Gasteiger partial charge in [-0.15, -0.1) is 0 Å². The summed E-state index contributed by atoms with van der Waals surface area (Å²) in [5.74, 6) is 0.403. The predicted octanol–water partition coefficient (Wildman–Crippen LogP) is 2.68. The van der Waals surface area contributed by atoms with Crippen LogP contribution in [-0.2, 0) is 0 Å². The monoisotopic (exact) mass is 241 g/mol. The summed E-state index contributed by atoms with van der Waals surface area (Å²) in [7, 11) is 1.74. The SMILES string of the molecule is CNc1ncccc1C(=O)Nc1cccc(C)c1. The third-order valence-corrected chi connectivity index (χ3v) is 2.57. The smallest absolute Gasteiger partial charge is 0.259 e. The van der Waals surface area contributed by atoms with Crippen LogP contribution < -0.4 is 10.6 Å². The first kappa shape index (κ1) is 12.1. The van der Waals surface area contributed by atoms with E-state index >= 15 is 0 Å². The van der Waals surface area contributed by atoms with Crippen molar-refractivity contribution in [1.82, 2.24) is 4.98 Å². The maximum absolute atomic E-state index is 12.1. The summed E-state index contributed by atoms with van der Waals surface area (Å²) < 4.78 is 0. The van der Waals surface area contributed by atoms with Crippen LogP contribution in [0.25, 0.3) is 0 Å². The molecule has 0 aliphatic rings. The minimum Gasteiger partial charge on any atom is -0.372 e. The highest BCUT2D eigenvalue weighted by atomic mass is 16.1. The Morgan fingerprint density at radius 3 is 2.78 bits per heavy atom. The molecule has 1 amide bonds. The molecule has 0 bridgehead atoms. The number of pyridine rings is 1. The van der Waals surface area contributed by atoms with Crippen LogP contribution in [0, 0.1) is 6.92 Å². The van der Waals surface area contributed by atoms with Gasteiger partial charge in [0, 0.05) is 18.9 Å². The number of benzene rings is 1. The Labute approximate surface area is 106 Å². The average Bonchev–Trinajstić information content (AvgIpc) is 2.38. The summed E-state index contributed by atoms with van der Waals surface area (Å²) in [6.07, 6.45) is 1.65. The topological polar surface area (TPSA) is 54.0 Å². The van der Waals surface area contributed by atoms with Crippen LogP contribution in [0.5, 0.6) is 0 Å². The Morgan fingerprint density at radius 1 is 1.22 bits per heavy atom. The van der Waals surface area contributed by atoms with Gasteiger partial charge in [-0.1, -0.05) is 12.1 Å². The van der Waals surface area contributed by atoms with Gasteiger partial charge in [0.1, 0.15) is 5.82 Å². The van der Waals surface area contributed by atoms with Crippen LogP contribution in [-0.4, -0.2) is 17.9 Å². The highest BCUT2D eigenvalue weighted by molar-refractivity contribution is 6.07. The second-order valence-electron chi connectivity index (χ2n) is 3.97. The number of anilines is 2. The molecular formula is C14H15N3O. The van der Waals surface area contributed by atoms with E-state index in [1.54, 1.807) is 25.4 Å². The van der Waals surface area contributed by atoms with Gasteiger partial charge in [0.2, 0.25) is 0 Å². The molecule has 2 aromatic rings. The van der Waals surface area contributed by atoms with Crippen LogP contribution in [0.4, 0.5) is 11.5 Å². The van der Waals surface area contributed by atoms with Crippen molar-refractivity contribution < 1.29 is 4.79 Å². The van der Waals surface area contributed by atoms with Gasteiger partial charge in [-0.05, 0) is 36.8 Å². The molecule has 2 rings (SSSR count). The summed E-state index contributed by atoms with van der Waals surface area (Å²) in [5, 5.41) is 5.76. The maximum atomic E-state index is 12.1. The Bertz CT molecular complexity index is 566. The van der Waals surface area contributed by atoms with Crippen LogP contribution in [0.1, 0.15) is 15.9 Å². The normalized spacial score (nSPS) is 9.89. The number of aryl methyl sites for hydroxylation is 1. The largest absolute Gasteiger partial charge is 0.372 e. The van der Waals surface area contributed by atoms with Crippen LogP contribution in [0.3, 0.4) is 0 Å². The molecule has 0 atom stereocenters. The first-order valence-corrected chi connectivity index (χ1v) is 5.71. The Morgan fingerprint density at radius 2 is 2.06 bits per heavy atom. The second kappa shape index (κ2) is 5.31. The van der Waals surface area contributed by atoms with Crippen LogP contribution in [0.2, 0.25) is 0 Å². The first-order chi connectivity index (χ1) is 8.70. The van der Waals surface area contributed by atoms with Crippen molar-refractivity contribution in [2.24, 2.45) is 0 Å². The third kappa shape index (κ3) is 2.66. The van der Waals surface area contributed by atoms with E-state index < -0.39 is 0 Å². The van der Waals surface area contributed by atoms with Crippen molar-refractivity contribution in [2.75, 3.05) is 17.7 Å². The molecule has 0 aliphatic carbocycles. The lowest BCUT2D eigenvalue weighted by molar-refractivity contribution is 0.102. The third-order valence-electron chi connectivity index (χ3n) is 2.57. The van der Waals surface area contributed by atoms with Crippen molar-refractivity contribution in [2.45, 2.75) is 6.92 Å². The second-order valence-corrected chi connectivity index (χ2v) is 3.97. The van der Waals surface area contributed by atoms with Crippen molar-refractivity contribution in [3.8, 4) is 0 Å². The lowest BCUT2D eigenvalue weighted by Crippen LogP contribution is -2.14. The number of amides is 1. The lowest BCUT2D eigenvalue weighted by Gasteiger charge is -2.09. The molecule has 1 heterocycles. The number of rotatable bonds is 3. The summed E-state index contributed by atoms with van der Waals surface area (Å²) in [6.45, 7) is 1.98. The van der Waals surface area contributed by atoms with Gasteiger partial charge in [-0.25, -0.2) is 4.98 Å². The number of hydrogen-bond donors (Lipinski definition) is 2. The Hall–Kier alpha value is -2.36. The summed E-state index contributed by atoms with van der Waals surface area (Å²) >= 11 is 0. The van der Waals surface area contributed by atoms with Crippen molar-refractivity contribution in [3.63, 3.8) is 0 Å². The highest BCUT2D eigenvalue weighted by Gasteiger charge is 2.11. The van der Waals surface area contributed by atoms with Gasteiger partial charge in [0.15, 0.2) is 0 Å². The summed E-state index contributed by atoms with van der Waals surface area (Å²) in [6, 6.07) is 11.2. The van der Waals surface area contributed by atoms with Gasteiger partial charge in [-0.2, -0.15) is 0 Å². The van der Waals surface area contributed by atoms with E-state index in [0.29, 0.717) is 11.4 Å². The fourth-order valence-electron chi connectivity index (χ4n) is 1.71. The van der Waals surface area contributed by atoms with Crippen molar-refractivity contribution in [3.05, 3.63) is 53.7 Å². The molecule has 4 nitrogen and oxygen atoms in total. The molecule has 0 fully saturated rings. The zero-order valence-electron chi connectivity index (χ0n) is 10.4. The predicted molar refractivity (Wildman–Crippen MR) is 72.9 cm³/mol. The number of carbonyl (C=O) groups excluding carboxylic acids is 1. The molecule has 1 aromatic carbocycles. The van der Waals surface area contributed by atoms with Crippen molar-refractivity contribution >= 4 is 17.4 Å². The maximum Gasteiger partial charge on any atom is 0.259 e. The fourth-order valence-corrected chi connectivity index (χ4v) is 1.71. The van der Waals surface area contributed by atoms with Gasteiger partial charge in [0.05, 0.1) is 5.56 Å². The minimum absolute atomic E-state index is 0.168. The number of nitrogens with one attached hydrogen (secondary N) is 2. The molecule has 0 unspecified atom stereocenters. The van der Waals surface area contributed by atoms with Gasteiger partial charge >= 0.3 is 0 Å². The van der Waals surface area contributed by atoms with Crippen LogP contribution in [0.15, 0.2) is 42.6 Å². The van der Waals surface area contributed by atoms with E-state index in [1.165, 1.54) is 0 Å². The summed E-state index contributed by atoms with van der Waals surface area (Å²) in [5.41, 5.74) is 2.42. The molecule has 0 spiro atoms. The standard InChI is InChI=1S/C14H15N3O/c1-10-5-3-6-11(9-10)17-14(18)12-7-4-8-16-13(12)15-2/h3-9H,1-2H3,(H,15,16)(H,17,18).